The molecule has 2 heterocycles. The summed E-state index contributed by atoms with van der Waals surface area (Å²) in [5.74, 6) is -1.53. The lowest BCUT2D eigenvalue weighted by Crippen LogP contribution is -2.13. The van der Waals surface area contributed by atoms with Crippen LogP contribution in [0.15, 0.2) is 77.8 Å². The Hall–Kier alpha value is -5.51. The summed E-state index contributed by atoms with van der Waals surface area (Å²) < 4.78 is 1.67. The Labute approximate surface area is 241 Å². The van der Waals surface area contributed by atoms with Gasteiger partial charge in [-0.2, -0.15) is 5.10 Å². The molecule has 0 unspecified atom stereocenters. The van der Waals surface area contributed by atoms with Gasteiger partial charge in [0.1, 0.15) is 0 Å². The molecule has 10 heteroatoms. The van der Waals surface area contributed by atoms with Crippen molar-refractivity contribution in [2.24, 2.45) is 12.0 Å². The Bertz CT molecular complexity index is 1830. The quantitative estimate of drug-likeness (QED) is 0.132. The van der Waals surface area contributed by atoms with E-state index >= 15 is 0 Å². The van der Waals surface area contributed by atoms with Crippen LogP contribution in [0.4, 0.5) is 11.4 Å². The fourth-order valence-electron chi connectivity index (χ4n) is 4.66. The van der Waals surface area contributed by atoms with Crippen molar-refractivity contribution in [2.75, 3.05) is 5.32 Å². The average molecular weight is 564 g/mol. The third kappa shape index (κ3) is 6.12. The zero-order valence-electron chi connectivity index (χ0n) is 23.1. The predicted octanol–water partition coefficient (Wildman–Crippen LogP) is 5.42. The van der Waals surface area contributed by atoms with Gasteiger partial charge in [-0.1, -0.05) is 43.3 Å². The summed E-state index contributed by atoms with van der Waals surface area (Å²) in [7, 11) is 1.79. The first-order valence-electron chi connectivity index (χ1n) is 13.4. The van der Waals surface area contributed by atoms with Gasteiger partial charge < -0.3 is 20.5 Å². The minimum Gasteiger partial charge on any atom is -0.494 e. The lowest BCUT2D eigenvalue weighted by atomic mass is 10.0. The Kier molecular flexibility index (Phi) is 7.96. The van der Waals surface area contributed by atoms with Crippen molar-refractivity contribution in [1.82, 2.24) is 14.8 Å². The molecule has 1 amide bonds. The number of carbonyl (C=O) groups excluding carboxylic acids is 2. The molecule has 42 heavy (non-hydrogen) atoms. The van der Waals surface area contributed by atoms with E-state index < -0.39 is 5.97 Å². The normalized spacial score (nSPS) is 11.3. The van der Waals surface area contributed by atoms with Crippen LogP contribution in [0.5, 0.6) is 5.88 Å². The zero-order valence-corrected chi connectivity index (χ0v) is 23.1. The highest BCUT2D eigenvalue weighted by atomic mass is 16.4. The molecular weight excluding hydrogens is 534 g/mol. The minimum atomic E-state index is -0.846. The van der Waals surface area contributed by atoms with Gasteiger partial charge in [0.25, 0.3) is 5.91 Å². The molecule has 5 rings (SSSR count). The molecule has 3 aromatic carbocycles. The summed E-state index contributed by atoms with van der Waals surface area (Å²) >= 11 is 0. The summed E-state index contributed by atoms with van der Waals surface area (Å²) in [6.07, 6.45) is 2.79. The number of hydrogen-bond donors (Lipinski definition) is 4. The molecule has 0 radical (unpaired) electrons. The van der Waals surface area contributed by atoms with Gasteiger partial charge in [-0.3, -0.25) is 24.1 Å². The Balaban J connectivity index is 1.31. The summed E-state index contributed by atoms with van der Waals surface area (Å²) in [6, 6.07) is 20.7. The van der Waals surface area contributed by atoms with Gasteiger partial charge in [0, 0.05) is 53.1 Å². The molecule has 0 aliphatic carbocycles. The molecule has 0 bridgehead atoms. The molecule has 0 aliphatic rings. The van der Waals surface area contributed by atoms with Crippen LogP contribution in [0.2, 0.25) is 0 Å². The molecule has 212 valence electrons. The highest BCUT2D eigenvalue weighted by molar-refractivity contribution is 6.13. The molecular formula is C32H29N5O5. The first-order chi connectivity index (χ1) is 20.2. The molecule has 0 saturated heterocycles. The zero-order chi connectivity index (χ0) is 29.8. The van der Waals surface area contributed by atoms with Gasteiger partial charge in [0.15, 0.2) is 17.4 Å². The van der Waals surface area contributed by atoms with Crippen molar-refractivity contribution in [2.45, 2.75) is 26.2 Å². The number of benzene rings is 3. The number of carbonyl (C=O) groups is 3. The van der Waals surface area contributed by atoms with Gasteiger partial charge >= 0.3 is 5.97 Å². The average Bonchev–Trinajstić information content (AvgIpc) is 3.52. The first kappa shape index (κ1) is 28.0. The van der Waals surface area contributed by atoms with E-state index in [4.69, 9.17) is 5.11 Å². The number of aromatic nitrogens is 3. The summed E-state index contributed by atoms with van der Waals surface area (Å²) in [5.41, 5.74) is 5.10. The SMILES string of the molecule is CCc1cc(C(=O)Nc2cccc(C(=O)c3ccc4c(C=Nc5ccc(CCC(=O)O)cc5)c(O)[nH]c4c3)c2)nn1C. The summed E-state index contributed by atoms with van der Waals surface area (Å²) in [6.45, 7) is 1.99. The van der Waals surface area contributed by atoms with E-state index in [2.05, 4.69) is 20.4 Å². The lowest BCUT2D eigenvalue weighted by molar-refractivity contribution is -0.136. The van der Waals surface area contributed by atoms with Gasteiger partial charge in [-0.05, 0) is 54.8 Å². The van der Waals surface area contributed by atoms with E-state index in [1.54, 1.807) is 78.6 Å². The van der Waals surface area contributed by atoms with Gasteiger partial charge in [-0.15, -0.1) is 0 Å². The van der Waals surface area contributed by atoms with Crippen LogP contribution in [0, 0.1) is 0 Å². The molecule has 0 aliphatic heterocycles. The number of ketones is 1. The topological polar surface area (TPSA) is 150 Å². The smallest absolute Gasteiger partial charge is 0.303 e. The maximum Gasteiger partial charge on any atom is 0.303 e. The van der Waals surface area contributed by atoms with Gasteiger partial charge in [0.2, 0.25) is 0 Å². The second kappa shape index (κ2) is 11.9. The number of hydrogen-bond acceptors (Lipinski definition) is 6. The molecule has 5 aromatic rings. The van der Waals surface area contributed by atoms with Crippen LogP contribution < -0.4 is 5.32 Å². The number of nitrogens with one attached hydrogen (secondary N) is 2. The van der Waals surface area contributed by atoms with E-state index in [0.717, 1.165) is 17.7 Å². The number of amides is 1. The molecule has 0 atom stereocenters. The monoisotopic (exact) mass is 563 g/mol. The number of aromatic hydroxyl groups is 1. The van der Waals surface area contributed by atoms with Crippen LogP contribution in [0.1, 0.15) is 56.6 Å². The fourth-order valence-corrected chi connectivity index (χ4v) is 4.66. The number of nitrogens with zero attached hydrogens (tertiary/aromatic N) is 3. The predicted molar refractivity (Wildman–Crippen MR) is 160 cm³/mol. The maximum atomic E-state index is 13.3. The second-order valence-electron chi connectivity index (χ2n) is 9.83. The van der Waals surface area contributed by atoms with Crippen molar-refractivity contribution in [3.05, 3.63) is 106 Å². The van der Waals surface area contributed by atoms with E-state index in [-0.39, 0.29) is 24.0 Å². The maximum absolute atomic E-state index is 13.3. The summed E-state index contributed by atoms with van der Waals surface area (Å²) in [4.78, 5) is 44.2. The number of H-pyrrole nitrogens is 1. The summed E-state index contributed by atoms with van der Waals surface area (Å²) in [5, 5.41) is 27.1. The minimum absolute atomic E-state index is 0.0596. The number of carboxylic acid groups (broad SMARTS) is 1. The number of aromatic amines is 1. The Morgan fingerprint density at radius 2 is 1.79 bits per heavy atom. The van der Waals surface area contributed by atoms with Crippen molar-refractivity contribution in [3.63, 3.8) is 0 Å². The van der Waals surface area contributed by atoms with E-state index in [1.165, 1.54) is 0 Å². The highest BCUT2D eigenvalue weighted by Gasteiger charge is 2.16. The fraction of sp³-hybridized carbons (Fsp3) is 0.156. The van der Waals surface area contributed by atoms with Gasteiger partial charge in [-0.25, -0.2) is 0 Å². The highest BCUT2D eigenvalue weighted by Crippen LogP contribution is 2.28. The van der Waals surface area contributed by atoms with Crippen LogP contribution in [0.3, 0.4) is 0 Å². The Morgan fingerprint density at radius 1 is 1.02 bits per heavy atom. The molecule has 2 aromatic heterocycles. The lowest BCUT2D eigenvalue weighted by Gasteiger charge is -2.06. The van der Waals surface area contributed by atoms with Crippen molar-refractivity contribution >= 4 is 46.2 Å². The number of aliphatic carboxylic acids is 1. The third-order valence-corrected chi connectivity index (χ3v) is 6.94. The molecule has 0 fully saturated rings. The van der Waals surface area contributed by atoms with E-state index in [1.807, 2.05) is 19.1 Å². The second-order valence-corrected chi connectivity index (χ2v) is 9.83. The number of anilines is 1. The van der Waals surface area contributed by atoms with E-state index in [0.29, 0.717) is 51.1 Å². The van der Waals surface area contributed by atoms with Crippen LogP contribution in [0.25, 0.3) is 10.9 Å². The largest absolute Gasteiger partial charge is 0.494 e. The Morgan fingerprint density at radius 3 is 2.50 bits per heavy atom. The van der Waals surface area contributed by atoms with Crippen molar-refractivity contribution in [3.8, 4) is 5.88 Å². The molecule has 10 nitrogen and oxygen atoms in total. The van der Waals surface area contributed by atoms with Crippen molar-refractivity contribution in [1.29, 1.82) is 0 Å². The number of aryl methyl sites for hydroxylation is 3. The number of fused-ring (bicyclic) bond motifs is 1. The number of aliphatic imine (C=N–C) groups is 1. The van der Waals surface area contributed by atoms with Crippen molar-refractivity contribution < 1.29 is 24.6 Å². The van der Waals surface area contributed by atoms with Gasteiger partial charge in [0.05, 0.1) is 11.3 Å². The van der Waals surface area contributed by atoms with Crippen LogP contribution in [-0.2, 0) is 24.7 Å². The number of carboxylic acids is 1. The first-order valence-corrected chi connectivity index (χ1v) is 13.4. The molecule has 4 N–H and O–H groups in total. The standard InChI is InChI=1S/C32H29N5O5/c1-3-24-17-28(36-37(24)2)32(42)34-23-6-4-5-20(15-23)30(40)21-10-13-25-26(31(41)35-27(25)16-21)18-33-22-11-7-19(8-12-22)9-14-29(38)39/h4-8,10-13,15-18,35,41H,3,9,14H2,1-2H3,(H,34,42)(H,38,39). The third-order valence-electron chi connectivity index (χ3n) is 6.94. The molecule has 0 saturated carbocycles. The van der Waals surface area contributed by atoms with Crippen LogP contribution in [-0.4, -0.2) is 48.9 Å². The molecule has 0 spiro atoms. The van der Waals surface area contributed by atoms with Crippen LogP contribution >= 0.6 is 0 Å². The number of rotatable bonds is 10. The van der Waals surface area contributed by atoms with E-state index in [9.17, 15) is 19.5 Å².